The fraction of sp³-hybridized carbons (Fsp3) is 0.222. The Bertz CT molecular complexity index is 799. The van der Waals surface area contributed by atoms with Crippen LogP contribution in [-0.4, -0.2) is 22.7 Å². The predicted molar refractivity (Wildman–Crippen MR) is 98.1 cm³/mol. The molecule has 1 amide bonds. The lowest BCUT2D eigenvalue weighted by atomic mass is 10.1. The number of thiazole rings is 1. The van der Waals surface area contributed by atoms with E-state index in [0.29, 0.717) is 13.0 Å². The summed E-state index contributed by atoms with van der Waals surface area (Å²) in [4.78, 5) is 16.7. The number of rotatable bonds is 6. The number of benzene rings is 2. The molecule has 1 atom stereocenters. The van der Waals surface area contributed by atoms with E-state index in [4.69, 9.17) is 0 Å². The van der Waals surface area contributed by atoms with Crippen LogP contribution >= 0.6 is 23.1 Å². The van der Waals surface area contributed by atoms with E-state index >= 15 is 0 Å². The van der Waals surface area contributed by atoms with Gasteiger partial charge in [0.1, 0.15) is 5.82 Å². The van der Waals surface area contributed by atoms with Gasteiger partial charge in [0.25, 0.3) is 0 Å². The molecule has 3 nitrogen and oxygen atoms in total. The number of thioether (sulfide) groups is 1. The molecule has 0 unspecified atom stereocenters. The van der Waals surface area contributed by atoms with Gasteiger partial charge < -0.3 is 5.32 Å². The molecular formula is C18H17FN2OS2. The molecule has 1 N–H and O–H groups in total. The van der Waals surface area contributed by atoms with Gasteiger partial charge in [-0.2, -0.15) is 0 Å². The first-order valence-corrected chi connectivity index (χ1v) is 9.36. The standard InChI is InChI=1S/C18H17FN2OS2/c1-12(23-18-21-15-4-2-3-5-16(15)24-18)17(22)20-11-10-13-6-8-14(19)9-7-13/h2-9,12H,10-11H2,1H3,(H,20,22)/t12-/m1/s1. The maximum Gasteiger partial charge on any atom is 0.233 e. The third-order valence-electron chi connectivity index (χ3n) is 3.55. The van der Waals surface area contributed by atoms with Crippen LogP contribution in [0.15, 0.2) is 52.9 Å². The maximum absolute atomic E-state index is 12.8. The van der Waals surface area contributed by atoms with E-state index in [1.165, 1.54) is 23.9 Å². The molecule has 0 fully saturated rings. The highest BCUT2D eigenvalue weighted by atomic mass is 32.2. The Morgan fingerprint density at radius 1 is 1.25 bits per heavy atom. The lowest BCUT2D eigenvalue weighted by Crippen LogP contribution is -2.32. The fourth-order valence-electron chi connectivity index (χ4n) is 2.23. The van der Waals surface area contributed by atoms with Crippen LogP contribution in [0.1, 0.15) is 12.5 Å². The van der Waals surface area contributed by atoms with Crippen LogP contribution in [0, 0.1) is 5.82 Å². The van der Waals surface area contributed by atoms with Crippen LogP contribution in [-0.2, 0) is 11.2 Å². The topological polar surface area (TPSA) is 42.0 Å². The lowest BCUT2D eigenvalue weighted by Gasteiger charge is -2.10. The summed E-state index contributed by atoms with van der Waals surface area (Å²) in [7, 11) is 0. The third-order valence-corrected chi connectivity index (χ3v) is 5.78. The van der Waals surface area contributed by atoms with Gasteiger partial charge in [0.15, 0.2) is 4.34 Å². The van der Waals surface area contributed by atoms with Gasteiger partial charge in [-0.15, -0.1) is 11.3 Å². The number of para-hydroxylation sites is 1. The van der Waals surface area contributed by atoms with Crippen molar-refractivity contribution >= 4 is 39.2 Å². The number of nitrogens with zero attached hydrogens (tertiary/aromatic N) is 1. The number of halogens is 1. The number of hydrogen-bond acceptors (Lipinski definition) is 4. The minimum absolute atomic E-state index is 0.0126. The van der Waals surface area contributed by atoms with E-state index in [1.807, 2.05) is 31.2 Å². The number of amides is 1. The molecule has 3 rings (SSSR count). The van der Waals surface area contributed by atoms with E-state index in [1.54, 1.807) is 23.5 Å². The van der Waals surface area contributed by atoms with E-state index in [2.05, 4.69) is 10.3 Å². The summed E-state index contributed by atoms with van der Waals surface area (Å²) in [6.07, 6.45) is 0.685. The van der Waals surface area contributed by atoms with Gasteiger partial charge in [-0.1, -0.05) is 36.0 Å². The molecule has 2 aromatic carbocycles. The van der Waals surface area contributed by atoms with E-state index < -0.39 is 0 Å². The van der Waals surface area contributed by atoms with Gasteiger partial charge in [-0.25, -0.2) is 9.37 Å². The number of carbonyl (C=O) groups excluding carboxylic acids is 1. The van der Waals surface area contributed by atoms with Gasteiger partial charge in [-0.05, 0) is 43.2 Å². The average Bonchev–Trinajstić information content (AvgIpc) is 2.98. The maximum atomic E-state index is 12.8. The summed E-state index contributed by atoms with van der Waals surface area (Å²) in [5, 5.41) is 2.71. The van der Waals surface area contributed by atoms with Crippen molar-refractivity contribution in [2.75, 3.05) is 6.54 Å². The number of aromatic nitrogens is 1. The number of carbonyl (C=O) groups is 1. The zero-order valence-electron chi connectivity index (χ0n) is 13.2. The zero-order chi connectivity index (χ0) is 16.9. The number of fused-ring (bicyclic) bond motifs is 1. The van der Waals surface area contributed by atoms with Crippen LogP contribution in [0.3, 0.4) is 0 Å². The molecule has 6 heteroatoms. The molecule has 0 spiro atoms. The first-order valence-electron chi connectivity index (χ1n) is 7.66. The number of nitrogens with one attached hydrogen (secondary N) is 1. The van der Waals surface area contributed by atoms with Crippen molar-refractivity contribution < 1.29 is 9.18 Å². The Labute approximate surface area is 148 Å². The smallest absolute Gasteiger partial charge is 0.233 e. The molecule has 124 valence electrons. The molecule has 1 aromatic heterocycles. The molecule has 0 saturated heterocycles. The summed E-state index contributed by atoms with van der Waals surface area (Å²) in [6, 6.07) is 14.3. The minimum atomic E-state index is -0.247. The monoisotopic (exact) mass is 360 g/mol. The van der Waals surface area contributed by atoms with Crippen molar-refractivity contribution in [2.45, 2.75) is 22.9 Å². The second-order valence-electron chi connectivity index (χ2n) is 5.38. The summed E-state index contributed by atoms with van der Waals surface area (Å²) in [6.45, 7) is 2.42. The van der Waals surface area contributed by atoms with Gasteiger partial charge >= 0.3 is 0 Å². The average molecular weight is 360 g/mol. The molecule has 0 radical (unpaired) electrons. The highest BCUT2D eigenvalue weighted by molar-refractivity contribution is 8.02. The zero-order valence-corrected chi connectivity index (χ0v) is 14.8. The largest absolute Gasteiger partial charge is 0.355 e. The van der Waals surface area contributed by atoms with Gasteiger partial charge in [-0.3, -0.25) is 4.79 Å². The molecule has 0 aliphatic carbocycles. The highest BCUT2D eigenvalue weighted by Crippen LogP contribution is 2.31. The quantitative estimate of drug-likeness (QED) is 0.667. The van der Waals surface area contributed by atoms with Gasteiger partial charge in [0.05, 0.1) is 15.5 Å². The van der Waals surface area contributed by atoms with Crippen molar-refractivity contribution in [3.63, 3.8) is 0 Å². The van der Waals surface area contributed by atoms with E-state index in [9.17, 15) is 9.18 Å². The van der Waals surface area contributed by atoms with Gasteiger partial charge in [0, 0.05) is 6.54 Å². The van der Waals surface area contributed by atoms with Crippen molar-refractivity contribution in [3.8, 4) is 0 Å². The summed E-state index contributed by atoms with van der Waals surface area (Å²) >= 11 is 3.07. The molecule has 24 heavy (non-hydrogen) atoms. The first-order chi connectivity index (χ1) is 11.6. The minimum Gasteiger partial charge on any atom is -0.355 e. The second kappa shape index (κ2) is 7.77. The van der Waals surface area contributed by atoms with Crippen molar-refractivity contribution in [3.05, 3.63) is 59.9 Å². The third kappa shape index (κ3) is 4.33. The Kier molecular flexibility index (Phi) is 5.48. The van der Waals surface area contributed by atoms with Crippen LogP contribution in [0.25, 0.3) is 10.2 Å². The normalized spacial score (nSPS) is 12.2. The molecule has 1 heterocycles. The van der Waals surface area contributed by atoms with Crippen molar-refractivity contribution in [2.24, 2.45) is 0 Å². The van der Waals surface area contributed by atoms with Crippen LogP contribution in [0.5, 0.6) is 0 Å². The molecule has 0 aliphatic heterocycles. The SMILES string of the molecule is C[C@@H](Sc1nc2ccccc2s1)C(=O)NCCc1ccc(F)cc1. The van der Waals surface area contributed by atoms with Crippen LogP contribution in [0.4, 0.5) is 4.39 Å². The Morgan fingerprint density at radius 3 is 2.75 bits per heavy atom. The Balaban J connectivity index is 1.50. The summed E-state index contributed by atoms with van der Waals surface area (Å²) < 4.78 is 14.9. The summed E-state index contributed by atoms with van der Waals surface area (Å²) in [5.41, 5.74) is 1.97. The molecule has 0 aliphatic rings. The van der Waals surface area contributed by atoms with E-state index in [0.717, 1.165) is 20.1 Å². The Morgan fingerprint density at radius 2 is 2.00 bits per heavy atom. The highest BCUT2D eigenvalue weighted by Gasteiger charge is 2.16. The number of hydrogen-bond donors (Lipinski definition) is 1. The van der Waals surface area contributed by atoms with Crippen molar-refractivity contribution in [1.82, 2.24) is 10.3 Å². The Hall–Kier alpha value is -1.92. The molecule has 0 saturated carbocycles. The fourth-order valence-corrected chi connectivity index (χ4v) is 4.47. The molecular weight excluding hydrogens is 343 g/mol. The van der Waals surface area contributed by atoms with E-state index in [-0.39, 0.29) is 17.0 Å². The predicted octanol–water partition coefficient (Wildman–Crippen LogP) is 4.27. The van der Waals surface area contributed by atoms with Crippen LogP contribution in [0.2, 0.25) is 0 Å². The van der Waals surface area contributed by atoms with Gasteiger partial charge in [0.2, 0.25) is 5.91 Å². The van der Waals surface area contributed by atoms with Crippen LogP contribution < -0.4 is 5.32 Å². The summed E-state index contributed by atoms with van der Waals surface area (Å²) in [5.74, 6) is -0.259. The van der Waals surface area contributed by atoms with Crippen molar-refractivity contribution in [1.29, 1.82) is 0 Å². The second-order valence-corrected chi connectivity index (χ2v) is 7.99. The molecule has 3 aromatic rings. The lowest BCUT2D eigenvalue weighted by molar-refractivity contribution is -0.120. The first kappa shape index (κ1) is 16.9. The molecule has 0 bridgehead atoms.